The summed E-state index contributed by atoms with van der Waals surface area (Å²) in [6.07, 6.45) is 2.16. The number of piperidine rings is 1. The van der Waals surface area contributed by atoms with Crippen LogP contribution < -0.4 is 19.1 Å². The summed E-state index contributed by atoms with van der Waals surface area (Å²) in [7, 11) is -1.35. The van der Waals surface area contributed by atoms with Crippen LogP contribution >= 0.6 is 0 Å². The van der Waals surface area contributed by atoms with Crippen molar-refractivity contribution < 1.29 is 36.5 Å². The van der Waals surface area contributed by atoms with Gasteiger partial charge in [-0.3, -0.25) is 9.29 Å². The molecule has 2 aliphatic heterocycles. The molecule has 0 amide bonds. The Morgan fingerprint density at radius 2 is 1.76 bits per heavy atom. The zero-order valence-corrected chi connectivity index (χ0v) is 24.3. The number of ether oxygens (including phenoxy) is 5. The molecule has 0 spiro atoms. The maximum absolute atomic E-state index is 14.0. The van der Waals surface area contributed by atoms with Gasteiger partial charge in [-0.05, 0) is 20.3 Å². The number of halogens is 1. The average molecular weight is 610 g/mol. The zero-order chi connectivity index (χ0) is 29.9. The number of nitrogens with one attached hydrogen (secondary N) is 1. The monoisotopic (exact) mass is 609 g/mol. The number of hydrogen-bond acceptors (Lipinski definition) is 14. The standard InChI is InChI=1S/C24H32FN9O7S/c1-14(2)41-16-7-17(11-33(10-16)23-26-8-15(25)9-27-23)42(35,36)32-24-31-30-20(18-12-39-5-6-40-18)34(24)19-21(37-3)28-13-29-22(19)38-4/h8-9,13-14,16-18H,5-7,10-12H2,1-4H3,(H,31,32)/t16-,17+,18+/m1/s1. The molecule has 0 radical (unpaired) electrons. The summed E-state index contributed by atoms with van der Waals surface area (Å²) in [5.74, 6) is -0.184. The molecule has 0 unspecified atom stereocenters. The minimum absolute atomic E-state index is 0.0145. The van der Waals surface area contributed by atoms with Gasteiger partial charge in [0.2, 0.25) is 33.7 Å². The lowest BCUT2D eigenvalue weighted by Crippen LogP contribution is -2.51. The second-order valence-electron chi connectivity index (χ2n) is 9.81. The number of sulfonamides is 1. The van der Waals surface area contributed by atoms with Gasteiger partial charge in [-0.1, -0.05) is 0 Å². The summed E-state index contributed by atoms with van der Waals surface area (Å²) in [5.41, 5.74) is 0.167. The number of rotatable bonds is 10. The molecule has 2 fully saturated rings. The van der Waals surface area contributed by atoms with Gasteiger partial charge in [-0.2, -0.15) is 9.97 Å². The molecule has 18 heteroatoms. The molecule has 2 aliphatic rings. The molecule has 3 atom stereocenters. The van der Waals surface area contributed by atoms with Gasteiger partial charge in [0, 0.05) is 13.1 Å². The Labute approximate surface area is 241 Å². The maximum atomic E-state index is 14.0. The van der Waals surface area contributed by atoms with Crippen molar-refractivity contribution in [2.24, 2.45) is 0 Å². The largest absolute Gasteiger partial charge is 0.479 e. The summed E-state index contributed by atoms with van der Waals surface area (Å²) in [4.78, 5) is 18.0. The van der Waals surface area contributed by atoms with Crippen LogP contribution in [0, 0.1) is 5.82 Å². The summed E-state index contributed by atoms with van der Waals surface area (Å²) >= 11 is 0. The van der Waals surface area contributed by atoms with Gasteiger partial charge < -0.3 is 28.6 Å². The lowest BCUT2D eigenvalue weighted by Gasteiger charge is -2.37. The van der Waals surface area contributed by atoms with E-state index in [1.807, 2.05) is 13.8 Å². The number of aromatic nitrogens is 7. The second-order valence-corrected chi connectivity index (χ2v) is 11.8. The van der Waals surface area contributed by atoms with E-state index in [0.29, 0.717) is 19.8 Å². The summed E-state index contributed by atoms with van der Waals surface area (Å²) in [5, 5.41) is 7.41. The quantitative estimate of drug-likeness (QED) is 0.343. The summed E-state index contributed by atoms with van der Waals surface area (Å²) < 4.78 is 73.7. The van der Waals surface area contributed by atoms with E-state index in [4.69, 9.17) is 23.7 Å². The van der Waals surface area contributed by atoms with Gasteiger partial charge in [0.15, 0.2) is 17.3 Å². The van der Waals surface area contributed by atoms with Gasteiger partial charge in [0.05, 0.1) is 58.6 Å². The Morgan fingerprint density at radius 1 is 1.05 bits per heavy atom. The molecule has 1 N–H and O–H groups in total. The highest BCUT2D eigenvalue weighted by Crippen LogP contribution is 2.35. The lowest BCUT2D eigenvalue weighted by molar-refractivity contribution is -0.0941. The molecule has 228 valence electrons. The van der Waals surface area contributed by atoms with Gasteiger partial charge in [-0.15, -0.1) is 10.2 Å². The van der Waals surface area contributed by atoms with Crippen LogP contribution in [0.25, 0.3) is 5.69 Å². The van der Waals surface area contributed by atoms with Crippen molar-refractivity contribution in [1.29, 1.82) is 0 Å². The van der Waals surface area contributed by atoms with Crippen LogP contribution in [0.5, 0.6) is 11.8 Å². The van der Waals surface area contributed by atoms with Crippen molar-refractivity contribution in [1.82, 2.24) is 34.7 Å². The molecule has 5 rings (SSSR count). The van der Waals surface area contributed by atoms with Crippen LogP contribution in [0.1, 0.15) is 32.2 Å². The smallest absolute Gasteiger partial charge is 0.245 e. The first kappa shape index (κ1) is 29.7. The minimum Gasteiger partial charge on any atom is -0.479 e. The molecule has 0 saturated carbocycles. The third kappa shape index (κ3) is 6.35. The number of nitrogens with zero attached hydrogens (tertiary/aromatic N) is 8. The fraction of sp³-hybridized carbons (Fsp3) is 0.583. The van der Waals surface area contributed by atoms with E-state index in [1.54, 1.807) is 4.90 Å². The first-order valence-corrected chi connectivity index (χ1v) is 14.7. The Bertz CT molecular complexity index is 1450. The molecule has 2 saturated heterocycles. The highest BCUT2D eigenvalue weighted by Gasteiger charge is 2.39. The fourth-order valence-corrected chi connectivity index (χ4v) is 6.22. The van der Waals surface area contributed by atoms with Crippen LogP contribution in [0.15, 0.2) is 18.7 Å². The highest BCUT2D eigenvalue weighted by molar-refractivity contribution is 7.93. The molecule has 0 aliphatic carbocycles. The first-order chi connectivity index (χ1) is 20.2. The Morgan fingerprint density at radius 3 is 2.38 bits per heavy atom. The molecule has 3 aromatic heterocycles. The summed E-state index contributed by atoms with van der Waals surface area (Å²) in [6, 6.07) is 0. The molecule has 42 heavy (non-hydrogen) atoms. The normalized spacial score (nSPS) is 21.4. The van der Waals surface area contributed by atoms with Crippen molar-refractivity contribution in [2.45, 2.75) is 43.8 Å². The summed E-state index contributed by atoms with van der Waals surface area (Å²) in [6.45, 7) is 4.93. The van der Waals surface area contributed by atoms with Gasteiger partial charge in [-0.25, -0.2) is 22.8 Å². The van der Waals surface area contributed by atoms with E-state index < -0.39 is 33.3 Å². The van der Waals surface area contributed by atoms with Crippen molar-refractivity contribution in [3.05, 3.63) is 30.4 Å². The van der Waals surface area contributed by atoms with E-state index in [-0.39, 0.29) is 60.8 Å². The van der Waals surface area contributed by atoms with Crippen LogP contribution in [-0.2, 0) is 24.2 Å². The highest BCUT2D eigenvalue weighted by atomic mass is 32.2. The number of anilines is 2. The third-order valence-corrected chi connectivity index (χ3v) is 8.24. The van der Waals surface area contributed by atoms with E-state index in [9.17, 15) is 12.8 Å². The van der Waals surface area contributed by atoms with Crippen molar-refractivity contribution >= 4 is 21.9 Å². The average Bonchev–Trinajstić information content (AvgIpc) is 3.39. The predicted molar refractivity (Wildman–Crippen MR) is 145 cm³/mol. The van der Waals surface area contributed by atoms with Crippen molar-refractivity contribution in [2.75, 3.05) is 56.8 Å². The number of methoxy groups -OCH3 is 2. The van der Waals surface area contributed by atoms with E-state index in [0.717, 1.165) is 12.4 Å². The van der Waals surface area contributed by atoms with Gasteiger partial charge in [0.25, 0.3) is 0 Å². The molecule has 0 aromatic carbocycles. The molecular formula is C24H32FN9O7S. The van der Waals surface area contributed by atoms with Gasteiger partial charge >= 0.3 is 0 Å². The van der Waals surface area contributed by atoms with Crippen molar-refractivity contribution in [3.8, 4) is 17.4 Å². The van der Waals surface area contributed by atoms with Crippen molar-refractivity contribution in [3.63, 3.8) is 0 Å². The van der Waals surface area contributed by atoms with Crippen LogP contribution in [-0.4, -0.2) is 108 Å². The Hall–Kier alpha value is -3.74. The first-order valence-electron chi connectivity index (χ1n) is 13.2. The molecule has 5 heterocycles. The van der Waals surface area contributed by atoms with Crippen LogP contribution in [0.2, 0.25) is 0 Å². The van der Waals surface area contributed by atoms with E-state index >= 15 is 0 Å². The minimum atomic E-state index is -4.16. The molecule has 0 bridgehead atoms. The molecule has 16 nitrogen and oxygen atoms in total. The predicted octanol–water partition coefficient (Wildman–Crippen LogP) is 0.906. The lowest BCUT2D eigenvalue weighted by atomic mass is 10.1. The third-order valence-electron chi connectivity index (χ3n) is 6.56. The Kier molecular flexibility index (Phi) is 8.95. The molecular weight excluding hydrogens is 577 g/mol. The van der Waals surface area contributed by atoms with E-state index in [2.05, 4.69) is 34.9 Å². The van der Waals surface area contributed by atoms with E-state index in [1.165, 1.54) is 25.1 Å². The van der Waals surface area contributed by atoms with Gasteiger partial charge in [0.1, 0.15) is 17.7 Å². The van der Waals surface area contributed by atoms with Crippen LogP contribution in [0.4, 0.5) is 16.3 Å². The Balaban J connectivity index is 1.53. The fourth-order valence-electron chi connectivity index (χ4n) is 4.83. The zero-order valence-electron chi connectivity index (χ0n) is 23.5. The number of hydrogen-bond donors (Lipinski definition) is 1. The second kappa shape index (κ2) is 12.6. The topological polar surface area (TPSA) is 178 Å². The maximum Gasteiger partial charge on any atom is 0.245 e. The molecule has 3 aromatic rings. The van der Waals surface area contributed by atoms with Crippen LogP contribution in [0.3, 0.4) is 0 Å². The SMILES string of the molecule is COc1ncnc(OC)c1-n1c(NS(=O)(=O)[C@H]2C[C@@H](OC(C)C)CN(c3ncc(F)cn3)C2)nnc1[C@@H]1COCCO1.